The Kier molecular flexibility index (Phi) is 4.92. The van der Waals surface area contributed by atoms with Crippen LogP contribution in [0.15, 0.2) is 60.4 Å². The van der Waals surface area contributed by atoms with Gasteiger partial charge in [0.2, 0.25) is 0 Å². The van der Waals surface area contributed by atoms with Gasteiger partial charge in [-0.2, -0.15) is 0 Å². The molecule has 0 spiro atoms. The number of fused-ring (bicyclic) bond motifs is 4. The van der Waals surface area contributed by atoms with Crippen LogP contribution in [0, 0.1) is 18.8 Å². The molecule has 1 unspecified atom stereocenters. The fraction of sp³-hybridized carbons (Fsp3) is 0.292. The molecule has 27 heavy (non-hydrogen) atoms. The van der Waals surface area contributed by atoms with E-state index in [0.717, 1.165) is 35.1 Å². The molecule has 2 aromatic carbocycles. The van der Waals surface area contributed by atoms with Gasteiger partial charge in [-0.05, 0) is 72.1 Å². The summed E-state index contributed by atoms with van der Waals surface area (Å²) in [4.78, 5) is 13.1. The summed E-state index contributed by atoms with van der Waals surface area (Å²) in [7, 11) is 0. The molecule has 0 aliphatic heterocycles. The quantitative estimate of drug-likeness (QED) is 0.603. The minimum atomic E-state index is 0.0426. The first-order valence-electron chi connectivity index (χ1n) is 9.52. The summed E-state index contributed by atoms with van der Waals surface area (Å²) in [6.07, 6.45) is 7.41. The van der Waals surface area contributed by atoms with E-state index >= 15 is 0 Å². The lowest BCUT2D eigenvalue weighted by molar-refractivity contribution is -0.114. The first kappa shape index (κ1) is 18.1. The topological polar surface area (TPSA) is 37.3 Å². The molecule has 138 valence electrons. The number of Topliss-reactive ketones (excluding diaryl/α,β-unsaturated/α-hetero) is 1. The number of aryl methyl sites for hydroxylation is 1. The molecule has 0 radical (unpaired) electrons. The molecule has 0 saturated heterocycles. The maximum atomic E-state index is 13.1. The Hall–Kier alpha value is -2.32. The Bertz CT molecular complexity index is 937. The van der Waals surface area contributed by atoms with Crippen molar-refractivity contribution in [3.8, 4) is 11.1 Å². The summed E-state index contributed by atoms with van der Waals surface area (Å²) < 4.78 is 0. The van der Waals surface area contributed by atoms with Crippen LogP contribution in [-0.4, -0.2) is 10.9 Å². The van der Waals surface area contributed by atoms with Crippen LogP contribution in [0.25, 0.3) is 16.7 Å². The van der Waals surface area contributed by atoms with Gasteiger partial charge in [-0.15, -0.1) is 0 Å². The highest BCUT2D eigenvalue weighted by Gasteiger charge is 2.28. The fourth-order valence-electron chi connectivity index (χ4n) is 4.15. The molecule has 1 N–H and O–H groups in total. The van der Waals surface area contributed by atoms with Crippen LogP contribution in [0.4, 0.5) is 0 Å². The smallest absolute Gasteiger partial charge is 0.167 e. The molecule has 0 amide bonds. The van der Waals surface area contributed by atoms with Gasteiger partial charge >= 0.3 is 0 Å². The summed E-state index contributed by atoms with van der Waals surface area (Å²) in [6.45, 7) is 1.99. The van der Waals surface area contributed by atoms with Crippen LogP contribution >= 0.6 is 11.6 Å². The molecule has 2 nitrogen and oxygen atoms in total. The largest absolute Gasteiger partial charge is 0.512 e. The highest BCUT2D eigenvalue weighted by Crippen LogP contribution is 2.37. The van der Waals surface area contributed by atoms with E-state index in [1.165, 1.54) is 0 Å². The van der Waals surface area contributed by atoms with Crippen molar-refractivity contribution >= 4 is 23.0 Å². The number of hydrogen-bond donors (Lipinski definition) is 1. The van der Waals surface area contributed by atoms with Crippen molar-refractivity contribution < 1.29 is 9.90 Å². The van der Waals surface area contributed by atoms with E-state index in [4.69, 9.17) is 11.6 Å². The maximum Gasteiger partial charge on any atom is 0.167 e. The summed E-state index contributed by atoms with van der Waals surface area (Å²) in [5.41, 5.74) is 4.40. The number of halogens is 1. The minimum Gasteiger partial charge on any atom is -0.512 e. The molecule has 3 aliphatic rings. The second kappa shape index (κ2) is 7.36. The first-order valence-corrected chi connectivity index (χ1v) is 9.89. The van der Waals surface area contributed by atoms with Crippen molar-refractivity contribution in [2.45, 2.75) is 32.6 Å². The Labute approximate surface area is 165 Å². The third kappa shape index (κ3) is 3.72. The minimum absolute atomic E-state index is 0.0426. The standard InChI is InChI=1S/C24H23ClO2/c1-15-2-7-19(18-8-10-20(25)11-9-18)14-21(15)24-22(26)12-16-3-4-17(6-5-16)13-23(24)27/h2-4,7-11,14,16-17,26H,5-6,12-13H2,1H3/t16?,17-/m0/s1. The van der Waals surface area contributed by atoms with E-state index < -0.39 is 0 Å². The van der Waals surface area contributed by atoms with E-state index in [1.54, 1.807) is 0 Å². The Morgan fingerprint density at radius 3 is 2.22 bits per heavy atom. The Balaban J connectivity index is 1.80. The van der Waals surface area contributed by atoms with Gasteiger partial charge < -0.3 is 5.11 Å². The normalized spacial score (nSPS) is 22.5. The first-order chi connectivity index (χ1) is 13.0. The van der Waals surface area contributed by atoms with Gasteiger partial charge in [0.1, 0.15) is 5.76 Å². The van der Waals surface area contributed by atoms with Crippen LogP contribution in [0.1, 0.15) is 36.8 Å². The summed E-state index contributed by atoms with van der Waals surface area (Å²) in [6, 6.07) is 13.8. The SMILES string of the molecule is Cc1ccc(-c2ccc(Cl)cc2)cc1C1=C(O)CC2C=C[C@@H](CC2)CC1=O. The van der Waals surface area contributed by atoms with Crippen molar-refractivity contribution in [2.75, 3.05) is 0 Å². The second-order valence-electron chi connectivity index (χ2n) is 7.67. The molecule has 3 heteroatoms. The van der Waals surface area contributed by atoms with Crippen molar-refractivity contribution in [1.82, 2.24) is 0 Å². The van der Waals surface area contributed by atoms with E-state index in [0.29, 0.717) is 29.4 Å². The predicted octanol–water partition coefficient (Wildman–Crippen LogP) is 6.53. The molecule has 2 bridgehead atoms. The van der Waals surface area contributed by atoms with Crippen LogP contribution in [-0.2, 0) is 4.79 Å². The summed E-state index contributed by atoms with van der Waals surface area (Å²) in [5, 5.41) is 11.6. The molecule has 0 heterocycles. The van der Waals surface area contributed by atoms with Gasteiger partial charge in [0.25, 0.3) is 0 Å². The van der Waals surface area contributed by atoms with Gasteiger partial charge in [-0.1, -0.05) is 48.0 Å². The molecule has 0 fully saturated rings. The zero-order valence-electron chi connectivity index (χ0n) is 15.4. The summed E-state index contributed by atoms with van der Waals surface area (Å²) in [5.74, 6) is 0.880. The van der Waals surface area contributed by atoms with Crippen LogP contribution in [0.5, 0.6) is 0 Å². The number of benzene rings is 2. The maximum absolute atomic E-state index is 13.1. The lowest BCUT2D eigenvalue weighted by atomic mass is 9.85. The number of rotatable bonds is 2. The second-order valence-corrected chi connectivity index (χ2v) is 8.11. The van der Waals surface area contributed by atoms with Gasteiger partial charge in [-0.3, -0.25) is 4.79 Å². The average Bonchev–Trinajstić information content (AvgIpc) is 2.74. The van der Waals surface area contributed by atoms with Gasteiger partial charge in [-0.25, -0.2) is 0 Å². The number of aliphatic hydroxyl groups excluding tert-OH is 1. The number of aliphatic hydroxyl groups is 1. The zero-order valence-corrected chi connectivity index (χ0v) is 16.2. The van der Waals surface area contributed by atoms with Crippen LogP contribution in [0.3, 0.4) is 0 Å². The third-order valence-corrected chi connectivity index (χ3v) is 5.97. The zero-order chi connectivity index (χ0) is 19.0. The molecule has 2 atom stereocenters. The molecule has 3 aliphatic carbocycles. The molecular formula is C24H23ClO2. The molecule has 0 aromatic heterocycles. The molecular weight excluding hydrogens is 356 g/mol. The van der Waals surface area contributed by atoms with Gasteiger partial charge in [0, 0.05) is 17.9 Å². The van der Waals surface area contributed by atoms with Crippen molar-refractivity contribution in [2.24, 2.45) is 11.8 Å². The lowest BCUT2D eigenvalue weighted by Gasteiger charge is -2.19. The highest BCUT2D eigenvalue weighted by molar-refractivity contribution is 6.30. The van der Waals surface area contributed by atoms with Crippen molar-refractivity contribution in [3.05, 3.63) is 76.5 Å². The van der Waals surface area contributed by atoms with Crippen molar-refractivity contribution in [3.63, 3.8) is 0 Å². The Morgan fingerprint density at radius 1 is 0.926 bits per heavy atom. The monoisotopic (exact) mass is 378 g/mol. The number of ketones is 1. The number of hydrogen-bond acceptors (Lipinski definition) is 2. The van der Waals surface area contributed by atoms with E-state index in [-0.39, 0.29) is 17.5 Å². The van der Waals surface area contributed by atoms with E-state index in [1.807, 2.05) is 49.4 Å². The fourth-order valence-corrected chi connectivity index (χ4v) is 4.27. The lowest BCUT2D eigenvalue weighted by Crippen LogP contribution is -2.11. The van der Waals surface area contributed by atoms with Gasteiger partial charge in [0.15, 0.2) is 5.78 Å². The number of carbonyl (C=O) groups excluding carboxylic acids is 1. The van der Waals surface area contributed by atoms with E-state index in [9.17, 15) is 9.90 Å². The molecule has 2 aromatic rings. The van der Waals surface area contributed by atoms with Gasteiger partial charge in [0.05, 0.1) is 5.57 Å². The number of allylic oxidation sites excluding steroid dienone is 4. The Morgan fingerprint density at radius 2 is 1.56 bits per heavy atom. The van der Waals surface area contributed by atoms with Crippen molar-refractivity contribution in [1.29, 1.82) is 0 Å². The molecule has 0 saturated carbocycles. The highest BCUT2D eigenvalue weighted by atomic mass is 35.5. The number of carbonyl (C=O) groups is 1. The predicted molar refractivity (Wildman–Crippen MR) is 111 cm³/mol. The summed E-state index contributed by atoms with van der Waals surface area (Å²) >= 11 is 6.01. The van der Waals surface area contributed by atoms with E-state index in [2.05, 4.69) is 12.2 Å². The molecule has 5 rings (SSSR count). The average molecular weight is 379 g/mol. The third-order valence-electron chi connectivity index (χ3n) is 5.72. The van der Waals surface area contributed by atoms with Crippen LogP contribution < -0.4 is 0 Å². The van der Waals surface area contributed by atoms with Crippen LogP contribution in [0.2, 0.25) is 5.02 Å².